The molecule has 4 nitrogen and oxygen atoms in total. The van der Waals surface area contributed by atoms with E-state index in [9.17, 15) is 9.59 Å². The molecular formula is C11H13NO3. The van der Waals surface area contributed by atoms with Crippen LogP contribution in [0.15, 0.2) is 10.9 Å². The lowest BCUT2D eigenvalue weighted by atomic mass is 10.1. The molecule has 1 aromatic heterocycles. The topological polar surface area (TPSA) is 70.2 Å². The molecule has 1 aliphatic carbocycles. The fourth-order valence-corrected chi connectivity index (χ4v) is 1.92. The summed E-state index contributed by atoms with van der Waals surface area (Å²) in [5.74, 6) is -0.176. The van der Waals surface area contributed by atoms with E-state index in [0.717, 1.165) is 17.7 Å². The van der Waals surface area contributed by atoms with Gasteiger partial charge < -0.3 is 10.1 Å². The smallest absolute Gasteiger partial charge is 0.341 e. The minimum absolute atomic E-state index is 0.176. The quantitative estimate of drug-likeness (QED) is 0.772. The van der Waals surface area contributed by atoms with E-state index in [2.05, 4.69) is 11.9 Å². The maximum absolute atomic E-state index is 11.4. The summed E-state index contributed by atoms with van der Waals surface area (Å²) in [6.07, 6.45) is 1.07. The molecule has 0 spiro atoms. The molecule has 80 valence electrons. The summed E-state index contributed by atoms with van der Waals surface area (Å²) in [7, 11) is 0. The van der Waals surface area contributed by atoms with E-state index >= 15 is 0 Å². The Hall–Kier alpha value is -1.58. The van der Waals surface area contributed by atoms with E-state index in [4.69, 9.17) is 5.11 Å². The van der Waals surface area contributed by atoms with Crippen molar-refractivity contribution in [3.05, 3.63) is 33.2 Å². The number of carboxylic acid groups (broad SMARTS) is 1. The summed E-state index contributed by atoms with van der Waals surface area (Å²) < 4.78 is 0. The molecule has 2 rings (SSSR count). The molecule has 0 radical (unpaired) electrons. The Morgan fingerprint density at radius 2 is 2.20 bits per heavy atom. The van der Waals surface area contributed by atoms with E-state index in [1.165, 1.54) is 6.07 Å². The number of aromatic amines is 1. The van der Waals surface area contributed by atoms with Crippen LogP contribution in [0.5, 0.6) is 0 Å². The third-order valence-electron chi connectivity index (χ3n) is 2.99. The fourth-order valence-electron chi connectivity index (χ4n) is 1.92. The first kappa shape index (κ1) is 9.96. The molecule has 2 atom stereocenters. The molecule has 0 aliphatic heterocycles. The van der Waals surface area contributed by atoms with Crippen molar-refractivity contribution in [3.63, 3.8) is 0 Å². The van der Waals surface area contributed by atoms with Crippen LogP contribution in [0.2, 0.25) is 0 Å². The average molecular weight is 207 g/mol. The molecule has 0 bridgehead atoms. The maximum Gasteiger partial charge on any atom is 0.341 e. The Balaban J connectivity index is 2.48. The van der Waals surface area contributed by atoms with Crippen molar-refractivity contribution in [1.82, 2.24) is 4.98 Å². The Bertz CT molecular complexity index is 475. The van der Waals surface area contributed by atoms with Gasteiger partial charge in [-0.3, -0.25) is 4.79 Å². The van der Waals surface area contributed by atoms with Crippen molar-refractivity contribution in [2.24, 2.45) is 5.92 Å². The summed E-state index contributed by atoms with van der Waals surface area (Å²) in [5.41, 5.74) is 1.09. The number of H-pyrrole nitrogens is 1. The van der Waals surface area contributed by atoms with Crippen LogP contribution in [0.3, 0.4) is 0 Å². The van der Waals surface area contributed by atoms with Crippen LogP contribution in [0.1, 0.15) is 40.9 Å². The predicted octanol–water partition coefficient (Wildman–Crippen LogP) is 1.50. The molecule has 1 saturated carbocycles. The number of pyridine rings is 1. The van der Waals surface area contributed by atoms with E-state index < -0.39 is 11.5 Å². The minimum atomic E-state index is -1.17. The van der Waals surface area contributed by atoms with Gasteiger partial charge in [0.05, 0.1) is 0 Å². The van der Waals surface area contributed by atoms with Gasteiger partial charge >= 0.3 is 5.97 Å². The van der Waals surface area contributed by atoms with E-state index in [0.29, 0.717) is 11.8 Å². The second kappa shape index (κ2) is 3.22. The SMILES string of the molecule is Cc1cc(C(=O)O)c(=O)[nH]c1C1CC1C. The third kappa shape index (κ3) is 1.67. The molecule has 1 heterocycles. The van der Waals surface area contributed by atoms with Gasteiger partial charge in [-0.1, -0.05) is 6.92 Å². The number of hydrogen-bond donors (Lipinski definition) is 2. The van der Waals surface area contributed by atoms with Gasteiger partial charge in [0.25, 0.3) is 5.56 Å². The largest absolute Gasteiger partial charge is 0.477 e. The number of carbonyl (C=O) groups is 1. The van der Waals surface area contributed by atoms with Gasteiger partial charge in [0.1, 0.15) is 5.56 Å². The highest BCUT2D eigenvalue weighted by Gasteiger charge is 2.36. The zero-order chi connectivity index (χ0) is 11.2. The van der Waals surface area contributed by atoms with Crippen molar-refractivity contribution in [1.29, 1.82) is 0 Å². The number of aromatic carboxylic acids is 1. The lowest BCUT2D eigenvalue weighted by Crippen LogP contribution is -2.19. The van der Waals surface area contributed by atoms with Gasteiger partial charge in [0.2, 0.25) is 0 Å². The molecule has 2 N–H and O–H groups in total. The highest BCUT2D eigenvalue weighted by molar-refractivity contribution is 5.87. The van der Waals surface area contributed by atoms with E-state index in [1.807, 2.05) is 6.92 Å². The molecule has 0 amide bonds. The van der Waals surface area contributed by atoms with Crippen LogP contribution in [0.25, 0.3) is 0 Å². The van der Waals surface area contributed by atoms with Crippen molar-refractivity contribution >= 4 is 5.97 Å². The second-order valence-electron chi connectivity index (χ2n) is 4.23. The molecule has 4 heteroatoms. The molecule has 1 aliphatic rings. The first-order valence-electron chi connectivity index (χ1n) is 4.98. The van der Waals surface area contributed by atoms with Crippen LogP contribution >= 0.6 is 0 Å². The van der Waals surface area contributed by atoms with Crippen LogP contribution in [0, 0.1) is 12.8 Å². The maximum atomic E-state index is 11.4. The number of carboxylic acids is 1. The molecule has 0 aromatic carbocycles. The summed E-state index contributed by atoms with van der Waals surface area (Å²) in [6.45, 7) is 3.95. The number of aromatic nitrogens is 1. The standard InChI is InChI=1S/C11H13NO3/c1-5-3-7(5)9-6(2)4-8(11(14)15)10(13)12-9/h4-5,7H,3H2,1-2H3,(H,12,13)(H,14,15). The molecule has 15 heavy (non-hydrogen) atoms. The summed E-state index contributed by atoms with van der Waals surface area (Å²) >= 11 is 0. The first-order chi connectivity index (χ1) is 7.00. The Morgan fingerprint density at radius 1 is 1.60 bits per heavy atom. The Labute approximate surface area is 87.0 Å². The monoisotopic (exact) mass is 207 g/mol. The average Bonchev–Trinajstić information content (AvgIpc) is 2.85. The van der Waals surface area contributed by atoms with E-state index in [-0.39, 0.29) is 5.56 Å². The number of nitrogens with one attached hydrogen (secondary N) is 1. The minimum Gasteiger partial charge on any atom is -0.477 e. The highest BCUT2D eigenvalue weighted by atomic mass is 16.4. The summed E-state index contributed by atoms with van der Waals surface area (Å²) in [4.78, 5) is 24.8. The van der Waals surface area contributed by atoms with Crippen LogP contribution < -0.4 is 5.56 Å². The van der Waals surface area contributed by atoms with Crippen LogP contribution in [0.4, 0.5) is 0 Å². The summed E-state index contributed by atoms with van der Waals surface area (Å²) in [5, 5.41) is 8.77. The number of rotatable bonds is 2. The predicted molar refractivity (Wildman–Crippen MR) is 55.3 cm³/mol. The zero-order valence-electron chi connectivity index (χ0n) is 8.70. The lowest BCUT2D eigenvalue weighted by Gasteiger charge is -2.05. The first-order valence-corrected chi connectivity index (χ1v) is 4.98. The van der Waals surface area contributed by atoms with Crippen molar-refractivity contribution in [2.45, 2.75) is 26.2 Å². The van der Waals surface area contributed by atoms with Crippen LogP contribution in [-0.2, 0) is 0 Å². The zero-order valence-corrected chi connectivity index (χ0v) is 8.70. The van der Waals surface area contributed by atoms with Gasteiger partial charge in [0.15, 0.2) is 0 Å². The molecular weight excluding hydrogens is 194 g/mol. The second-order valence-corrected chi connectivity index (χ2v) is 4.23. The van der Waals surface area contributed by atoms with Crippen molar-refractivity contribution < 1.29 is 9.90 Å². The van der Waals surface area contributed by atoms with Gasteiger partial charge in [-0.15, -0.1) is 0 Å². The van der Waals surface area contributed by atoms with Gasteiger partial charge in [-0.05, 0) is 30.9 Å². The molecule has 2 unspecified atom stereocenters. The van der Waals surface area contributed by atoms with Crippen molar-refractivity contribution in [2.75, 3.05) is 0 Å². The molecule has 1 fully saturated rings. The Morgan fingerprint density at radius 3 is 2.67 bits per heavy atom. The fraction of sp³-hybridized carbons (Fsp3) is 0.455. The summed E-state index contributed by atoms with van der Waals surface area (Å²) in [6, 6.07) is 1.46. The lowest BCUT2D eigenvalue weighted by molar-refractivity contribution is 0.0695. The molecule has 0 saturated heterocycles. The van der Waals surface area contributed by atoms with Crippen LogP contribution in [-0.4, -0.2) is 16.1 Å². The normalized spacial score (nSPS) is 23.9. The third-order valence-corrected chi connectivity index (χ3v) is 2.99. The van der Waals surface area contributed by atoms with E-state index in [1.54, 1.807) is 0 Å². The van der Waals surface area contributed by atoms with Gasteiger partial charge in [-0.25, -0.2) is 4.79 Å². The van der Waals surface area contributed by atoms with Gasteiger partial charge in [-0.2, -0.15) is 0 Å². The number of aryl methyl sites for hydroxylation is 1. The molecule has 1 aromatic rings. The highest BCUT2D eigenvalue weighted by Crippen LogP contribution is 2.46. The number of hydrogen-bond acceptors (Lipinski definition) is 2. The van der Waals surface area contributed by atoms with Crippen molar-refractivity contribution in [3.8, 4) is 0 Å². The Kier molecular flexibility index (Phi) is 2.14. The van der Waals surface area contributed by atoms with Gasteiger partial charge in [0, 0.05) is 11.6 Å².